The summed E-state index contributed by atoms with van der Waals surface area (Å²) in [5.41, 5.74) is -0.544. The van der Waals surface area contributed by atoms with Gasteiger partial charge in [0.1, 0.15) is 5.82 Å². The zero-order valence-electron chi connectivity index (χ0n) is 9.95. The molecule has 1 N–H and O–H groups in total. The van der Waals surface area contributed by atoms with Crippen LogP contribution in [0.25, 0.3) is 11.6 Å². The van der Waals surface area contributed by atoms with Crippen LogP contribution in [0.4, 0.5) is 10.1 Å². The van der Waals surface area contributed by atoms with Crippen LogP contribution >= 0.6 is 11.3 Å². The van der Waals surface area contributed by atoms with E-state index in [1.807, 2.05) is 0 Å². The lowest BCUT2D eigenvalue weighted by molar-refractivity contribution is -0.384. The van der Waals surface area contributed by atoms with Gasteiger partial charge in [0.05, 0.1) is 10.5 Å². The zero-order valence-corrected chi connectivity index (χ0v) is 10.8. The highest BCUT2D eigenvalue weighted by molar-refractivity contribution is 7.11. The van der Waals surface area contributed by atoms with E-state index in [2.05, 4.69) is 0 Å². The summed E-state index contributed by atoms with van der Waals surface area (Å²) >= 11 is 1.19. The maximum absolute atomic E-state index is 13.6. The second-order valence-corrected chi connectivity index (χ2v) is 4.75. The smallest absolute Gasteiger partial charge is 0.337 e. The van der Waals surface area contributed by atoms with Crippen molar-refractivity contribution in [3.8, 4) is 0 Å². The van der Waals surface area contributed by atoms with E-state index < -0.39 is 16.7 Å². The lowest BCUT2D eigenvalue weighted by Gasteiger charge is -2.01. The lowest BCUT2D eigenvalue weighted by Crippen LogP contribution is -1.98. The van der Waals surface area contributed by atoms with Crippen LogP contribution in [0.1, 0.15) is 10.4 Å². The Kier molecular flexibility index (Phi) is 3.90. The lowest BCUT2D eigenvalue weighted by atomic mass is 10.1. The van der Waals surface area contributed by atoms with Crippen molar-refractivity contribution in [3.63, 3.8) is 0 Å². The molecule has 5 nitrogen and oxygen atoms in total. The minimum absolute atomic E-state index is 0.112. The molecule has 0 saturated heterocycles. The largest absolute Gasteiger partial charge is 0.478 e. The highest BCUT2D eigenvalue weighted by Crippen LogP contribution is 2.26. The second-order valence-electron chi connectivity index (χ2n) is 3.80. The normalized spacial score (nSPS) is 11.3. The number of nitrogens with zero attached hydrogens (tertiary/aromatic N) is 1. The third kappa shape index (κ3) is 2.89. The van der Waals surface area contributed by atoms with E-state index in [-0.39, 0.29) is 16.8 Å². The second kappa shape index (κ2) is 5.62. The Hall–Kier alpha value is -2.54. The third-order valence-corrected chi connectivity index (χ3v) is 3.41. The zero-order chi connectivity index (χ0) is 14.7. The van der Waals surface area contributed by atoms with E-state index in [4.69, 9.17) is 5.11 Å². The third-order valence-electron chi connectivity index (χ3n) is 2.51. The van der Waals surface area contributed by atoms with Crippen LogP contribution in [0.15, 0.2) is 35.7 Å². The van der Waals surface area contributed by atoms with Gasteiger partial charge in [-0.15, -0.1) is 11.3 Å². The number of benzene rings is 1. The van der Waals surface area contributed by atoms with Crippen molar-refractivity contribution >= 4 is 34.6 Å². The molecule has 1 aromatic heterocycles. The maximum atomic E-state index is 13.6. The molecule has 0 bridgehead atoms. The number of nitro groups is 1. The number of nitro benzene ring substituents is 1. The summed E-state index contributed by atoms with van der Waals surface area (Å²) in [4.78, 5) is 21.7. The molecule has 0 atom stereocenters. The van der Waals surface area contributed by atoms with E-state index >= 15 is 0 Å². The SMILES string of the molecule is O=C(O)/C(=C/c1cc([N+](=O)[O-])ccc1F)c1cccs1. The fraction of sp³-hybridized carbons (Fsp3) is 0. The van der Waals surface area contributed by atoms with E-state index in [1.165, 1.54) is 11.3 Å². The first kappa shape index (κ1) is 13.9. The molecule has 0 aliphatic rings. The molecule has 0 aliphatic heterocycles. The summed E-state index contributed by atoms with van der Waals surface area (Å²) in [6.07, 6.45) is 1.09. The van der Waals surface area contributed by atoms with Crippen molar-refractivity contribution in [2.24, 2.45) is 0 Å². The molecule has 1 aromatic carbocycles. The van der Waals surface area contributed by atoms with Gasteiger partial charge in [-0.05, 0) is 23.6 Å². The van der Waals surface area contributed by atoms with E-state index in [0.29, 0.717) is 4.88 Å². The van der Waals surface area contributed by atoms with Gasteiger partial charge < -0.3 is 5.11 Å². The molecule has 20 heavy (non-hydrogen) atoms. The van der Waals surface area contributed by atoms with Crippen LogP contribution < -0.4 is 0 Å². The van der Waals surface area contributed by atoms with Crippen LogP contribution in [0, 0.1) is 15.9 Å². The van der Waals surface area contributed by atoms with Gasteiger partial charge >= 0.3 is 5.97 Å². The first-order chi connectivity index (χ1) is 9.49. The summed E-state index contributed by atoms with van der Waals surface area (Å²) in [7, 11) is 0. The summed E-state index contributed by atoms with van der Waals surface area (Å²) in [6, 6.07) is 6.22. The van der Waals surface area contributed by atoms with Gasteiger partial charge in [-0.2, -0.15) is 0 Å². The number of non-ortho nitro benzene ring substituents is 1. The number of aliphatic carboxylic acids is 1. The maximum Gasteiger partial charge on any atom is 0.337 e. The predicted octanol–water partition coefficient (Wildman–Crippen LogP) is 3.42. The van der Waals surface area contributed by atoms with Crippen LogP contribution in [0.3, 0.4) is 0 Å². The van der Waals surface area contributed by atoms with Gasteiger partial charge in [-0.1, -0.05) is 6.07 Å². The van der Waals surface area contributed by atoms with E-state index in [9.17, 15) is 19.3 Å². The summed E-state index contributed by atoms with van der Waals surface area (Å²) in [6.45, 7) is 0. The Morgan fingerprint density at radius 1 is 1.40 bits per heavy atom. The van der Waals surface area contributed by atoms with Gasteiger partial charge in [-0.3, -0.25) is 10.1 Å². The van der Waals surface area contributed by atoms with E-state index in [1.54, 1.807) is 17.5 Å². The quantitative estimate of drug-likeness (QED) is 0.532. The minimum atomic E-state index is -1.22. The Morgan fingerprint density at radius 3 is 2.70 bits per heavy atom. The molecule has 0 radical (unpaired) electrons. The monoisotopic (exact) mass is 293 g/mol. The Labute approximate surface area is 116 Å². The molecule has 102 valence electrons. The Morgan fingerprint density at radius 2 is 2.15 bits per heavy atom. The summed E-state index contributed by atoms with van der Waals surface area (Å²) in [5.74, 6) is -1.94. The van der Waals surface area contributed by atoms with Crippen LogP contribution in [0.5, 0.6) is 0 Å². The van der Waals surface area contributed by atoms with Crippen LogP contribution in [-0.2, 0) is 4.79 Å². The van der Waals surface area contributed by atoms with Crippen molar-refractivity contribution < 1.29 is 19.2 Å². The molecular weight excluding hydrogens is 285 g/mol. The van der Waals surface area contributed by atoms with Crippen LogP contribution in [-0.4, -0.2) is 16.0 Å². The number of rotatable bonds is 4. The van der Waals surface area contributed by atoms with E-state index in [0.717, 1.165) is 24.3 Å². The van der Waals surface area contributed by atoms with Crippen molar-refractivity contribution in [2.75, 3.05) is 0 Å². The van der Waals surface area contributed by atoms with Gasteiger partial charge in [-0.25, -0.2) is 9.18 Å². The minimum Gasteiger partial charge on any atom is -0.478 e. The number of halogens is 1. The number of hydrogen-bond acceptors (Lipinski definition) is 4. The number of carboxylic acids is 1. The van der Waals surface area contributed by atoms with Gasteiger partial charge in [0.15, 0.2) is 0 Å². The Balaban J connectivity index is 2.54. The average Bonchev–Trinajstić information content (AvgIpc) is 2.90. The van der Waals surface area contributed by atoms with Gasteiger partial charge in [0.2, 0.25) is 0 Å². The number of thiophene rings is 1. The molecule has 0 aliphatic carbocycles. The summed E-state index contributed by atoms with van der Waals surface area (Å²) < 4.78 is 13.6. The molecule has 1 heterocycles. The highest BCUT2D eigenvalue weighted by Gasteiger charge is 2.15. The van der Waals surface area contributed by atoms with Crippen molar-refractivity contribution in [1.29, 1.82) is 0 Å². The fourth-order valence-corrected chi connectivity index (χ4v) is 2.31. The standard InChI is InChI=1S/C13H8FNO4S/c14-11-4-3-9(15(18)19)6-8(11)7-10(13(16)17)12-2-1-5-20-12/h1-7H,(H,16,17)/b10-7+. The average molecular weight is 293 g/mol. The van der Waals surface area contributed by atoms with Crippen molar-refractivity contribution in [3.05, 3.63) is 62.1 Å². The molecule has 2 aromatic rings. The van der Waals surface area contributed by atoms with Crippen molar-refractivity contribution in [1.82, 2.24) is 0 Å². The van der Waals surface area contributed by atoms with Gasteiger partial charge in [0, 0.05) is 22.6 Å². The predicted molar refractivity (Wildman–Crippen MR) is 72.9 cm³/mol. The molecule has 2 rings (SSSR count). The topological polar surface area (TPSA) is 80.4 Å². The molecule has 0 saturated carbocycles. The molecule has 0 fully saturated rings. The molecule has 0 amide bonds. The van der Waals surface area contributed by atoms with Crippen LogP contribution in [0.2, 0.25) is 0 Å². The molecule has 0 unspecified atom stereocenters. The number of carboxylic acid groups (broad SMARTS) is 1. The van der Waals surface area contributed by atoms with Crippen molar-refractivity contribution in [2.45, 2.75) is 0 Å². The molecule has 0 spiro atoms. The Bertz CT molecular complexity index is 694. The van der Waals surface area contributed by atoms with Gasteiger partial charge in [0.25, 0.3) is 5.69 Å². The highest BCUT2D eigenvalue weighted by atomic mass is 32.1. The molecular formula is C13H8FNO4S. The number of hydrogen-bond donors (Lipinski definition) is 1. The number of carbonyl (C=O) groups is 1. The molecule has 7 heteroatoms. The first-order valence-corrected chi connectivity index (χ1v) is 6.30. The summed E-state index contributed by atoms with van der Waals surface area (Å²) in [5, 5.41) is 21.5. The fourth-order valence-electron chi connectivity index (χ4n) is 1.58. The first-order valence-electron chi connectivity index (χ1n) is 5.42.